The molecule has 80 valence electrons. The molecule has 0 heterocycles. The average Bonchev–Trinajstić information content (AvgIpc) is 2.39. The highest BCUT2D eigenvalue weighted by molar-refractivity contribution is 5.65. The fourth-order valence-electron chi connectivity index (χ4n) is 1.46. The maximum Gasteiger partial charge on any atom is 0.119 e. The van der Waals surface area contributed by atoms with Crippen LogP contribution in [0.3, 0.4) is 0 Å². The molecule has 0 bridgehead atoms. The Morgan fingerprint density at radius 2 is 1.25 bits per heavy atom. The molecule has 0 aliphatic heterocycles. The van der Waals surface area contributed by atoms with Crippen LogP contribution in [0.4, 0.5) is 0 Å². The van der Waals surface area contributed by atoms with Gasteiger partial charge in [-0.2, -0.15) is 0 Å². The second-order valence-electron chi connectivity index (χ2n) is 3.28. The summed E-state index contributed by atoms with van der Waals surface area (Å²) in [5.74, 6) is 1.62. The second-order valence-corrected chi connectivity index (χ2v) is 3.28. The van der Waals surface area contributed by atoms with Gasteiger partial charge in [0.1, 0.15) is 11.5 Å². The van der Waals surface area contributed by atoms with E-state index in [0.717, 1.165) is 22.6 Å². The van der Waals surface area contributed by atoms with Crippen molar-refractivity contribution in [2.24, 2.45) is 0 Å². The van der Waals surface area contributed by atoms with Crippen molar-refractivity contribution in [2.45, 2.75) is 0 Å². The molecule has 2 radical (unpaired) electrons. The van der Waals surface area contributed by atoms with Crippen LogP contribution in [0.1, 0.15) is 0 Å². The van der Waals surface area contributed by atoms with Crippen LogP contribution in [0.15, 0.2) is 36.4 Å². The topological polar surface area (TPSA) is 18.5 Å². The van der Waals surface area contributed by atoms with Gasteiger partial charge in [-0.3, -0.25) is 0 Å². The van der Waals surface area contributed by atoms with Crippen LogP contribution in [-0.4, -0.2) is 14.2 Å². The number of benzene rings is 2. The SMILES string of the molecule is COc1cc[c]c(-c2[c]ccc(OC)c2)c1. The first-order valence-corrected chi connectivity index (χ1v) is 4.95. The molecule has 0 saturated heterocycles. The molecule has 0 aliphatic rings. The van der Waals surface area contributed by atoms with Crippen LogP contribution < -0.4 is 9.47 Å². The highest BCUT2D eigenvalue weighted by Crippen LogP contribution is 2.25. The third-order valence-electron chi connectivity index (χ3n) is 2.31. The van der Waals surface area contributed by atoms with E-state index in [9.17, 15) is 0 Å². The Hall–Kier alpha value is -1.96. The molecule has 0 fully saturated rings. The first-order chi connectivity index (χ1) is 7.83. The lowest BCUT2D eigenvalue weighted by Crippen LogP contribution is -1.86. The van der Waals surface area contributed by atoms with Crippen molar-refractivity contribution in [2.75, 3.05) is 14.2 Å². The minimum Gasteiger partial charge on any atom is -0.497 e. The standard InChI is InChI=1S/C14H12O2/c1-15-13-7-3-5-11(9-13)12-6-4-8-14(10-12)16-2/h3-4,7-10H,1-2H3. The Bertz CT molecular complexity index is 432. The summed E-state index contributed by atoms with van der Waals surface area (Å²) < 4.78 is 10.3. The lowest BCUT2D eigenvalue weighted by atomic mass is 10.1. The van der Waals surface area contributed by atoms with E-state index in [1.165, 1.54) is 0 Å². The van der Waals surface area contributed by atoms with Crippen LogP contribution in [0.25, 0.3) is 11.1 Å². The van der Waals surface area contributed by atoms with Crippen LogP contribution in [0.2, 0.25) is 0 Å². The molecule has 0 saturated carbocycles. The molecule has 2 aromatic rings. The van der Waals surface area contributed by atoms with Gasteiger partial charge in [0.05, 0.1) is 14.2 Å². The zero-order chi connectivity index (χ0) is 11.4. The summed E-state index contributed by atoms with van der Waals surface area (Å²) in [5, 5.41) is 0. The number of ether oxygens (including phenoxy) is 2. The maximum absolute atomic E-state index is 5.17. The molecular weight excluding hydrogens is 200 g/mol. The van der Waals surface area contributed by atoms with E-state index in [1.54, 1.807) is 14.2 Å². The summed E-state index contributed by atoms with van der Waals surface area (Å²) in [7, 11) is 3.29. The molecule has 2 aromatic carbocycles. The number of methoxy groups -OCH3 is 2. The molecule has 0 spiro atoms. The van der Waals surface area contributed by atoms with Gasteiger partial charge < -0.3 is 9.47 Å². The Balaban J connectivity index is 2.41. The van der Waals surface area contributed by atoms with Gasteiger partial charge in [0.2, 0.25) is 0 Å². The van der Waals surface area contributed by atoms with Gasteiger partial charge in [-0.25, -0.2) is 0 Å². The first kappa shape index (κ1) is 10.6. The number of rotatable bonds is 3. The minimum absolute atomic E-state index is 0.810. The maximum atomic E-state index is 5.17. The molecule has 2 rings (SSSR count). The Morgan fingerprint density at radius 1 is 0.812 bits per heavy atom. The summed E-state index contributed by atoms with van der Waals surface area (Å²) in [6.45, 7) is 0. The summed E-state index contributed by atoms with van der Waals surface area (Å²) >= 11 is 0. The van der Waals surface area contributed by atoms with Gasteiger partial charge >= 0.3 is 0 Å². The molecule has 16 heavy (non-hydrogen) atoms. The van der Waals surface area contributed by atoms with Gasteiger partial charge in [0.15, 0.2) is 0 Å². The van der Waals surface area contributed by atoms with Crippen molar-refractivity contribution in [3.63, 3.8) is 0 Å². The van der Waals surface area contributed by atoms with Crippen molar-refractivity contribution in [1.29, 1.82) is 0 Å². The van der Waals surface area contributed by atoms with Gasteiger partial charge in [-0.15, -0.1) is 0 Å². The van der Waals surface area contributed by atoms with Crippen LogP contribution >= 0.6 is 0 Å². The van der Waals surface area contributed by atoms with E-state index in [0.29, 0.717) is 0 Å². The summed E-state index contributed by atoms with van der Waals surface area (Å²) in [6, 6.07) is 17.5. The molecule has 0 amide bonds. The largest absolute Gasteiger partial charge is 0.497 e. The predicted molar refractivity (Wildman–Crippen MR) is 62.7 cm³/mol. The predicted octanol–water partition coefficient (Wildman–Crippen LogP) is 2.97. The molecule has 2 heteroatoms. The zero-order valence-electron chi connectivity index (χ0n) is 9.28. The van der Waals surface area contributed by atoms with Crippen LogP contribution in [-0.2, 0) is 0 Å². The molecular formula is C14H12O2. The molecule has 0 aromatic heterocycles. The molecule has 0 aliphatic carbocycles. The van der Waals surface area contributed by atoms with Crippen molar-refractivity contribution in [1.82, 2.24) is 0 Å². The number of hydrogen-bond donors (Lipinski definition) is 0. The summed E-state index contributed by atoms with van der Waals surface area (Å²) in [6.07, 6.45) is 0. The van der Waals surface area contributed by atoms with Gasteiger partial charge in [-0.1, -0.05) is 12.1 Å². The van der Waals surface area contributed by atoms with Gasteiger partial charge in [0, 0.05) is 0 Å². The van der Waals surface area contributed by atoms with E-state index in [4.69, 9.17) is 9.47 Å². The van der Waals surface area contributed by atoms with Gasteiger partial charge in [-0.05, 0) is 47.5 Å². The average molecular weight is 212 g/mol. The smallest absolute Gasteiger partial charge is 0.119 e. The third-order valence-corrected chi connectivity index (χ3v) is 2.31. The monoisotopic (exact) mass is 212 g/mol. The van der Waals surface area contributed by atoms with Crippen molar-refractivity contribution in [3.8, 4) is 22.6 Å². The van der Waals surface area contributed by atoms with E-state index in [1.807, 2.05) is 36.4 Å². The zero-order valence-corrected chi connectivity index (χ0v) is 9.28. The van der Waals surface area contributed by atoms with Crippen molar-refractivity contribution in [3.05, 3.63) is 48.5 Å². The summed E-state index contributed by atoms with van der Waals surface area (Å²) in [5.41, 5.74) is 1.89. The van der Waals surface area contributed by atoms with Crippen LogP contribution in [0.5, 0.6) is 11.5 Å². The van der Waals surface area contributed by atoms with Crippen molar-refractivity contribution < 1.29 is 9.47 Å². The quantitative estimate of drug-likeness (QED) is 0.778. The molecule has 0 atom stereocenters. The molecule has 0 unspecified atom stereocenters. The van der Waals surface area contributed by atoms with E-state index >= 15 is 0 Å². The third kappa shape index (κ3) is 2.16. The Morgan fingerprint density at radius 3 is 1.62 bits per heavy atom. The van der Waals surface area contributed by atoms with E-state index in [2.05, 4.69) is 12.1 Å². The molecule has 2 nitrogen and oxygen atoms in total. The summed E-state index contributed by atoms with van der Waals surface area (Å²) in [4.78, 5) is 0. The minimum atomic E-state index is 0.810. The Kier molecular flexibility index (Phi) is 3.10. The van der Waals surface area contributed by atoms with Crippen molar-refractivity contribution >= 4 is 0 Å². The van der Waals surface area contributed by atoms with Gasteiger partial charge in [0.25, 0.3) is 0 Å². The first-order valence-electron chi connectivity index (χ1n) is 4.95. The van der Waals surface area contributed by atoms with E-state index < -0.39 is 0 Å². The fraction of sp³-hybridized carbons (Fsp3) is 0.143. The fourth-order valence-corrected chi connectivity index (χ4v) is 1.46. The lowest BCUT2D eigenvalue weighted by molar-refractivity contribution is 0.414. The number of hydrogen-bond acceptors (Lipinski definition) is 2. The second kappa shape index (κ2) is 4.71. The Labute approximate surface area is 95.4 Å². The van der Waals surface area contributed by atoms with E-state index in [-0.39, 0.29) is 0 Å². The lowest BCUT2D eigenvalue weighted by Gasteiger charge is -2.05. The normalized spacial score (nSPS) is 9.88. The van der Waals surface area contributed by atoms with Crippen LogP contribution in [0, 0.1) is 12.1 Å². The molecule has 0 N–H and O–H groups in total. The highest BCUT2D eigenvalue weighted by Gasteiger charge is 2.01. The highest BCUT2D eigenvalue weighted by atomic mass is 16.5.